The fraction of sp³-hybridized carbons (Fsp3) is 0.448. The Kier molecular flexibility index (Phi) is 7.21. The molecule has 4 heterocycles. The summed E-state index contributed by atoms with van der Waals surface area (Å²) in [6, 6.07) is 5.76. The van der Waals surface area contributed by atoms with Crippen LogP contribution in [0.15, 0.2) is 24.3 Å². The summed E-state index contributed by atoms with van der Waals surface area (Å²) in [6.45, 7) is 4.70. The first-order valence-electron chi connectivity index (χ1n) is 14.1. The van der Waals surface area contributed by atoms with Crippen LogP contribution in [0.2, 0.25) is 0 Å². The lowest BCUT2D eigenvalue weighted by Crippen LogP contribution is -2.52. The molecular formula is C29H32N6O6S. The van der Waals surface area contributed by atoms with E-state index in [4.69, 9.17) is 14.5 Å². The maximum Gasteiger partial charge on any atom is 0.321 e. The van der Waals surface area contributed by atoms with Gasteiger partial charge in [-0.15, -0.1) is 11.3 Å². The van der Waals surface area contributed by atoms with Crippen molar-refractivity contribution in [2.24, 2.45) is 5.92 Å². The Balaban J connectivity index is 1.20. The van der Waals surface area contributed by atoms with Gasteiger partial charge in [0.1, 0.15) is 33.9 Å². The average Bonchev–Trinajstić information content (AvgIpc) is 3.66. The maximum atomic E-state index is 13.3. The number of nitrogens with zero attached hydrogens (tertiary/aromatic N) is 3. The summed E-state index contributed by atoms with van der Waals surface area (Å²) in [5, 5.41) is 9.02. The van der Waals surface area contributed by atoms with Crippen molar-refractivity contribution in [2.45, 2.75) is 64.1 Å². The van der Waals surface area contributed by atoms with Gasteiger partial charge >= 0.3 is 6.03 Å². The van der Waals surface area contributed by atoms with Crippen molar-refractivity contribution in [3.8, 4) is 11.5 Å². The Morgan fingerprint density at radius 1 is 1.19 bits per heavy atom. The molecule has 0 spiro atoms. The highest BCUT2D eigenvalue weighted by molar-refractivity contribution is 7.18. The highest BCUT2D eigenvalue weighted by atomic mass is 32.1. The number of rotatable bonds is 9. The molecule has 1 aliphatic carbocycles. The zero-order valence-corrected chi connectivity index (χ0v) is 24.4. The number of ether oxygens (including phenoxy) is 2. The number of aromatic nitrogens is 2. The van der Waals surface area contributed by atoms with Gasteiger partial charge in [-0.25, -0.2) is 14.8 Å². The van der Waals surface area contributed by atoms with Crippen LogP contribution in [0.4, 0.5) is 10.6 Å². The Morgan fingerprint density at radius 2 is 2.00 bits per heavy atom. The monoisotopic (exact) mass is 592 g/mol. The van der Waals surface area contributed by atoms with Crippen LogP contribution in [-0.2, 0) is 21.7 Å². The van der Waals surface area contributed by atoms with E-state index in [1.165, 1.54) is 16.2 Å². The molecular weight excluding hydrogens is 560 g/mol. The van der Waals surface area contributed by atoms with Crippen LogP contribution in [0.3, 0.4) is 0 Å². The number of imide groups is 1. The van der Waals surface area contributed by atoms with Crippen LogP contribution < -0.4 is 25.4 Å². The lowest BCUT2D eigenvalue weighted by Gasteiger charge is -2.29. The molecule has 2 aliphatic heterocycles. The molecule has 0 radical (unpaired) electrons. The van der Waals surface area contributed by atoms with E-state index in [2.05, 4.69) is 20.9 Å². The van der Waals surface area contributed by atoms with E-state index in [-0.39, 0.29) is 42.9 Å². The molecule has 2 unspecified atom stereocenters. The second-order valence-corrected chi connectivity index (χ2v) is 12.0. The van der Waals surface area contributed by atoms with Gasteiger partial charge in [-0.3, -0.25) is 25.0 Å². The van der Waals surface area contributed by atoms with Crippen molar-refractivity contribution in [1.29, 1.82) is 0 Å². The van der Waals surface area contributed by atoms with Gasteiger partial charge in [0.2, 0.25) is 11.8 Å². The summed E-state index contributed by atoms with van der Waals surface area (Å²) in [4.78, 5) is 61.0. The number of amides is 5. The first-order chi connectivity index (χ1) is 20.2. The Bertz CT molecular complexity index is 1600. The second-order valence-electron chi connectivity index (χ2n) is 11.0. The number of hydrogen-bond acceptors (Lipinski definition) is 9. The van der Waals surface area contributed by atoms with Crippen LogP contribution in [-0.4, -0.2) is 58.4 Å². The third-order valence-electron chi connectivity index (χ3n) is 7.96. The van der Waals surface area contributed by atoms with Gasteiger partial charge in [0.05, 0.1) is 41.8 Å². The number of urea groups is 1. The molecule has 2 atom stereocenters. The van der Waals surface area contributed by atoms with Crippen molar-refractivity contribution in [3.05, 3.63) is 40.5 Å². The number of hydrogen-bond donors (Lipinski definition) is 3. The number of pyridine rings is 1. The minimum atomic E-state index is -0.731. The Hall–Kier alpha value is -4.26. The normalized spacial score (nSPS) is 19.7. The summed E-state index contributed by atoms with van der Waals surface area (Å²) in [5.74, 6) is 0.690. The number of piperidine rings is 1. The van der Waals surface area contributed by atoms with E-state index in [9.17, 15) is 19.2 Å². The van der Waals surface area contributed by atoms with E-state index in [0.29, 0.717) is 29.4 Å². The third-order valence-corrected chi connectivity index (χ3v) is 9.20. The molecule has 5 amide bonds. The van der Waals surface area contributed by atoms with E-state index >= 15 is 0 Å². The second kappa shape index (κ2) is 10.9. The molecule has 3 aromatic rings. The molecule has 2 aromatic heterocycles. The predicted molar refractivity (Wildman–Crippen MR) is 154 cm³/mol. The number of benzene rings is 1. The Morgan fingerprint density at radius 3 is 2.71 bits per heavy atom. The number of anilines is 1. The van der Waals surface area contributed by atoms with Crippen LogP contribution in [0.25, 0.3) is 10.2 Å². The quantitative estimate of drug-likeness (QED) is 0.318. The predicted octanol–water partition coefficient (Wildman–Crippen LogP) is 3.70. The van der Waals surface area contributed by atoms with E-state index in [0.717, 1.165) is 34.5 Å². The van der Waals surface area contributed by atoms with Crippen molar-refractivity contribution in [1.82, 2.24) is 25.5 Å². The van der Waals surface area contributed by atoms with Crippen molar-refractivity contribution < 1.29 is 28.7 Å². The molecule has 13 heteroatoms. The third kappa shape index (κ3) is 5.13. The SMILES string of the molecule is CCCOc1cc(OC)cc2sc(C(C)(NC(=O)Nc3ccc4c(n3)CN(C3CCC(=O)NC3=O)C4=O)C3CC3)nc12. The van der Waals surface area contributed by atoms with Crippen LogP contribution in [0.5, 0.6) is 11.5 Å². The lowest BCUT2D eigenvalue weighted by atomic mass is 9.97. The van der Waals surface area contributed by atoms with E-state index in [1.807, 2.05) is 26.0 Å². The molecule has 2 fully saturated rings. The van der Waals surface area contributed by atoms with Crippen LogP contribution in [0.1, 0.15) is 67.0 Å². The summed E-state index contributed by atoms with van der Waals surface area (Å²) in [5.41, 5.74) is 0.855. The van der Waals surface area contributed by atoms with Crippen molar-refractivity contribution in [2.75, 3.05) is 19.0 Å². The molecule has 0 bridgehead atoms. The van der Waals surface area contributed by atoms with Gasteiger partial charge in [0, 0.05) is 12.5 Å². The molecule has 3 aliphatic rings. The first kappa shape index (κ1) is 27.9. The molecule has 220 valence electrons. The van der Waals surface area contributed by atoms with Crippen LogP contribution >= 0.6 is 11.3 Å². The molecule has 42 heavy (non-hydrogen) atoms. The number of carbonyl (C=O) groups is 4. The fourth-order valence-corrected chi connectivity index (χ4v) is 6.71. The van der Waals surface area contributed by atoms with Crippen molar-refractivity contribution >= 4 is 51.1 Å². The highest BCUT2D eigenvalue weighted by Crippen LogP contribution is 2.48. The van der Waals surface area contributed by atoms with Gasteiger partial charge in [0.15, 0.2) is 0 Å². The highest BCUT2D eigenvalue weighted by Gasteiger charge is 2.46. The van der Waals surface area contributed by atoms with E-state index in [1.54, 1.807) is 19.2 Å². The zero-order valence-electron chi connectivity index (χ0n) is 23.6. The topological polar surface area (TPSA) is 152 Å². The average molecular weight is 593 g/mol. The number of nitrogens with one attached hydrogen (secondary N) is 3. The first-order valence-corrected chi connectivity index (χ1v) is 14.9. The van der Waals surface area contributed by atoms with Gasteiger partial charge in [-0.05, 0) is 56.7 Å². The molecule has 12 nitrogen and oxygen atoms in total. The number of methoxy groups -OCH3 is 1. The summed E-state index contributed by atoms with van der Waals surface area (Å²) in [6.07, 6.45) is 3.22. The standard InChI is InChI=1S/C29H32N6O6S/c1-4-11-41-20-12-16(40-3)13-21-24(20)33-27(42-21)29(2,15-5-6-15)34-28(39)31-22-9-7-17-18(30-22)14-35(26(17)38)19-8-10-23(36)32-25(19)37/h7,9,12-13,15,19H,4-6,8,10-11,14H2,1-3H3,(H,32,36,37)(H2,30,31,34,39). The minimum Gasteiger partial charge on any atom is -0.497 e. The lowest BCUT2D eigenvalue weighted by molar-refractivity contribution is -0.136. The summed E-state index contributed by atoms with van der Waals surface area (Å²) >= 11 is 1.50. The van der Waals surface area contributed by atoms with Gasteiger partial charge in [-0.2, -0.15) is 0 Å². The van der Waals surface area contributed by atoms with Crippen molar-refractivity contribution in [3.63, 3.8) is 0 Å². The molecule has 3 N–H and O–H groups in total. The number of fused-ring (bicyclic) bond motifs is 2. The fourth-order valence-electron chi connectivity index (χ4n) is 5.52. The van der Waals surface area contributed by atoms with Gasteiger partial charge in [0.25, 0.3) is 5.91 Å². The minimum absolute atomic E-state index is 0.120. The molecule has 1 saturated carbocycles. The van der Waals surface area contributed by atoms with Gasteiger partial charge in [-0.1, -0.05) is 6.92 Å². The molecule has 1 aromatic carbocycles. The molecule has 1 saturated heterocycles. The maximum absolute atomic E-state index is 13.3. The largest absolute Gasteiger partial charge is 0.497 e. The molecule has 6 rings (SSSR count). The van der Waals surface area contributed by atoms with Gasteiger partial charge < -0.3 is 19.7 Å². The summed E-state index contributed by atoms with van der Waals surface area (Å²) < 4.78 is 12.4. The van der Waals surface area contributed by atoms with E-state index < -0.39 is 23.5 Å². The van der Waals surface area contributed by atoms with Crippen LogP contribution in [0, 0.1) is 5.92 Å². The summed E-state index contributed by atoms with van der Waals surface area (Å²) in [7, 11) is 1.61. The zero-order chi connectivity index (χ0) is 29.6. The Labute approximate surface area is 246 Å². The smallest absolute Gasteiger partial charge is 0.321 e. The number of carbonyl (C=O) groups excluding carboxylic acids is 4. The number of thiazole rings is 1.